The maximum absolute atomic E-state index is 13.2. The number of rotatable bonds is 2. The van der Waals surface area contributed by atoms with E-state index in [9.17, 15) is 19.3 Å². The maximum atomic E-state index is 13.2. The number of ketones is 1. The quantitative estimate of drug-likeness (QED) is 0.627. The Labute approximate surface area is 146 Å². The molecule has 0 aromatic heterocycles. The molecule has 128 valence electrons. The first kappa shape index (κ1) is 17.3. The summed E-state index contributed by atoms with van der Waals surface area (Å²) >= 11 is 0. The molecule has 1 aromatic carbocycles. The molecule has 2 N–H and O–H groups in total. The summed E-state index contributed by atoms with van der Waals surface area (Å²) in [5.41, 5.74) is 0.463. The molecule has 0 spiro atoms. The molecular formula is C18H17N2O4P. The highest BCUT2D eigenvalue weighted by molar-refractivity contribution is 7.48. The smallest absolute Gasteiger partial charge is 0.261 e. The molecular weight excluding hydrogens is 339 g/mol. The van der Waals surface area contributed by atoms with Gasteiger partial charge in [-0.2, -0.15) is 0 Å². The van der Waals surface area contributed by atoms with Crippen molar-refractivity contribution in [1.82, 2.24) is 9.76 Å². The van der Waals surface area contributed by atoms with Gasteiger partial charge in [0.2, 0.25) is 5.91 Å². The standard InChI is InChI=1S/C18H17N2O4P/c1-12-14(21)8-10-18(2,16(12)13-6-4-3-5-7-13)17(23)20-15(22)9-11-19-25(20)24/h3-11,19,24H,1-2H3. The molecule has 1 heterocycles. The summed E-state index contributed by atoms with van der Waals surface area (Å²) in [5, 5.41) is 2.59. The van der Waals surface area contributed by atoms with E-state index in [2.05, 4.69) is 5.09 Å². The van der Waals surface area contributed by atoms with Gasteiger partial charge < -0.3 is 9.98 Å². The molecule has 25 heavy (non-hydrogen) atoms. The second-order valence-electron chi connectivity index (χ2n) is 5.97. The summed E-state index contributed by atoms with van der Waals surface area (Å²) in [5.74, 6) is -1.35. The molecule has 0 radical (unpaired) electrons. The average Bonchev–Trinajstić information content (AvgIpc) is 2.59. The first-order valence-corrected chi connectivity index (χ1v) is 8.91. The lowest BCUT2D eigenvalue weighted by Crippen LogP contribution is -2.46. The van der Waals surface area contributed by atoms with Crippen LogP contribution in [0, 0.1) is 5.41 Å². The van der Waals surface area contributed by atoms with Gasteiger partial charge in [-0.15, -0.1) is 0 Å². The van der Waals surface area contributed by atoms with Crippen molar-refractivity contribution in [3.05, 3.63) is 65.9 Å². The van der Waals surface area contributed by atoms with Crippen LogP contribution in [0.3, 0.4) is 0 Å². The Hall–Kier alpha value is -2.56. The minimum atomic E-state index is -2.15. The topological polar surface area (TPSA) is 86.7 Å². The van der Waals surface area contributed by atoms with Crippen LogP contribution in [0.4, 0.5) is 0 Å². The number of nitrogens with zero attached hydrogens (tertiary/aromatic N) is 1. The molecule has 1 aromatic rings. The monoisotopic (exact) mass is 356 g/mol. The highest BCUT2D eigenvalue weighted by atomic mass is 31.2. The molecule has 1 aliphatic carbocycles. The number of carbonyl (C=O) groups excluding carboxylic acids is 3. The van der Waals surface area contributed by atoms with Gasteiger partial charge in [0.15, 0.2) is 5.78 Å². The number of carbonyl (C=O) groups is 3. The van der Waals surface area contributed by atoms with Gasteiger partial charge in [0.25, 0.3) is 14.4 Å². The lowest BCUT2D eigenvalue weighted by Gasteiger charge is -2.37. The number of benzene rings is 1. The Morgan fingerprint density at radius 2 is 1.88 bits per heavy atom. The van der Waals surface area contributed by atoms with Crippen molar-refractivity contribution in [2.24, 2.45) is 5.41 Å². The Balaban J connectivity index is 2.13. The summed E-state index contributed by atoms with van der Waals surface area (Å²) < 4.78 is 0.825. The van der Waals surface area contributed by atoms with E-state index in [1.165, 1.54) is 24.4 Å². The molecule has 0 saturated heterocycles. The second-order valence-corrected chi connectivity index (χ2v) is 7.21. The summed E-state index contributed by atoms with van der Waals surface area (Å²) in [4.78, 5) is 47.7. The first-order chi connectivity index (χ1) is 11.9. The van der Waals surface area contributed by atoms with E-state index in [-0.39, 0.29) is 5.78 Å². The zero-order chi connectivity index (χ0) is 18.2. The number of hydrogen-bond acceptors (Lipinski definition) is 5. The number of nitrogens with one attached hydrogen (secondary N) is 1. The molecule has 0 bridgehead atoms. The third kappa shape index (κ3) is 2.84. The zero-order valence-electron chi connectivity index (χ0n) is 13.8. The molecule has 7 heteroatoms. The normalized spacial score (nSPS) is 26.0. The third-order valence-corrected chi connectivity index (χ3v) is 5.48. The van der Waals surface area contributed by atoms with Crippen LogP contribution in [0.25, 0.3) is 5.57 Å². The highest BCUT2D eigenvalue weighted by Gasteiger charge is 2.46. The van der Waals surface area contributed by atoms with E-state index in [0.717, 1.165) is 10.2 Å². The Morgan fingerprint density at radius 1 is 1.20 bits per heavy atom. The van der Waals surface area contributed by atoms with Gasteiger partial charge in [-0.25, -0.2) is 4.67 Å². The molecule has 0 fully saturated rings. The van der Waals surface area contributed by atoms with Crippen LogP contribution in [0.1, 0.15) is 19.4 Å². The minimum absolute atomic E-state index is 0.182. The molecule has 0 saturated carbocycles. The summed E-state index contributed by atoms with van der Waals surface area (Å²) in [6, 6.07) is 9.11. The van der Waals surface area contributed by atoms with E-state index in [1.54, 1.807) is 13.8 Å². The van der Waals surface area contributed by atoms with Crippen molar-refractivity contribution in [1.29, 1.82) is 0 Å². The molecule has 3 rings (SSSR count). The Bertz CT molecular complexity index is 844. The summed E-state index contributed by atoms with van der Waals surface area (Å²) in [7, 11) is -2.15. The van der Waals surface area contributed by atoms with Gasteiger partial charge in [-0.05, 0) is 31.1 Å². The van der Waals surface area contributed by atoms with Crippen LogP contribution in [0.5, 0.6) is 0 Å². The van der Waals surface area contributed by atoms with E-state index in [4.69, 9.17) is 0 Å². The van der Waals surface area contributed by atoms with Crippen molar-refractivity contribution in [2.45, 2.75) is 13.8 Å². The Morgan fingerprint density at radius 3 is 2.52 bits per heavy atom. The van der Waals surface area contributed by atoms with Crippen LogP contribution >= 0.6 is 8.45 Å². The maximum Gasteiger partial charge on any atom is 0.261 e. The second kappa shape index (κ2) is 6.39. The lowest BCUT2D eigenvalue weighted by atomic mass is 9.71. The number of hydrogen-bond donors (Lipinski definition) is 2. The van der Waals surface area contributed by atoms with Crippen molar-refractivity contribution in [3.8, 4) is 0 Å². The van der Waals surface area contributed by atoms with Crippen LogP contribution in [-0.4, -0.2) is 27.2 Å². The van der Waals surface area contributed by atoms with Gasteiger partial charge in [0, 0.05) is 17.8 Å². The fourth-order valence-electron chi connectivity index (χ4n) is 3.07. The first-order valence-electron chi connectivity index (χ1n) is 7.67. The highest BCUT2D eigenvalue weighted by Crippen LogP contribution is 2.47. The lowest BCUT2D eigenvalue weighted by molar-refractivity contribution is -0.139. The van der Waals surface area contributed by atoms with Crippen molar-refractivity contribution >= 4 is 31.6 Å². The SMILES string of the molecule is CC1=C(c2ccccc2)C(C)(C(=O)N2C(=O)C=CNP2O)C=CC1=O. The molecule has 1 aliphatic heterocycles. The van der Waals surface area contributed by atoms with Crippen molar-refractivity contribution < 1.29 is 19.3 Å². The van der Waals surface area contributed by atoms with Crippen LogP contribution in [0.15, 0.2) is 60.3 Å². The van der Waals surface area contributed by atoms with Crippen LogP contribution < -0.4 is 5.09 Å². The van der Waals surface area contributed by atoms with Gasteiger partial charge >= 0.3 is 0 Å². The number of imide groups is 1. The van der Waals surface area contributed by atoms with Gasteiger partial charge in [0.1, 0.15) is 0 Å². The fourth-order valence-corrected chi connectivity index (χ4v) is 4.02. The van der Waals surface area contributed by atoms with Gasteiger partial charge in [0.05, 0.1) is 5.41 Å². The van der Waals surface area contributed by atoms with Gasteiger partial charge in [-0.1, -0.05) is 36.4 Å². The number of allylic oxidation sites excluding steroid dienone is 2. The third-order valence-electron chi connectivity index (χ3n) is 4.35. The largest absolute Gasteiger partial charge is 0.338 e. The molecule has 2 amide bonds. The van der Waals surface area contributed by atoms with Crippen LogP contribution in [0.2, 0.25) is 0 Å². The van der Waals surface area contributed by atoms with Crippen LogP contribution in [-0.2, 0) is 14.4 Å². The predicted octanol–water partition coefficient (Wildman–Crippen LogP) is 2.30. The van der Waals surface area contributed by atoms with Gasteiger partial charge in [-0.3, -0.25) is 14.4 Å². The van der Waals surface area contributed by atoms with Crippen molar-refractivity contribution in [2.75, 3.05) is 0 Å². The van der Waals surface area contributed by atoms with E-state index in [0.29, 0.717) is 11.1 Å². The zero-order valence-corrected chi connectivity index (χ0v) is 14.7. The van der Waals surface area contributed by atoms with Crippen molar-refractivity contribution in [3.63, 3.8) is 0 Å². The fraction of sp³-hybridized carbons (Fsp3) is 0.167. The Kier molecular flexibility index (Phi) is 4.41. The molecule has 2 aliphatic rings. The minimum Gasteiger partial charge on any atom is -0.338 e. The summed E-state index contributed by atoms with van der Waals surface area (Å²) in [6.45, 7) is 3.32. The van der Waals surface area contributed by atoms with E-state index in [1.807, 2.05) is 30.3 Å². The predicted molar refractivity (Wildman–Crippen MR) is 94.6 cm³/mol. The number of amides is 2. The van der Waals surface area contributed by atoms with E-state index < -0.39 is 25.7 Å². The summed E-state index contributed by atoms with van der Waals surface area (Å²) in [6.07, 6.45) is 5.35. The van der Waals surface area contributed by atoms with E-state index >= 15 is 0 Å². The molecule has 2 unspecified atom stereocenters. The average molecular weight is 356 g/mol. The molecule has 2 atom stereocenters. The molecule has 6 nitrogen and oxygen atoms in total.